The van der Waals surface area contributed by atoms with Crippen LogP contribution in [0.1, 0.15) is 28.2 Å². The van der Waals surface area contributed by atoms with Gasteiger partial charge in [-0.2, -0.15) is 0 Å². The Hall–Kier alpha value is -1.21. The van der Waals surface area contributed by atoms with Crippen molar-refractivity contribution in [2.24, 2.45) is 0 Å². The summed E-state index contributed by atoms with van der Waals surface area (Å²) in [7, 11) is 0. The van der Waals surface area contributed by atoms with Crippen LogP contribution in [0.25, 0.3) is 0 Å². The van der Waals surface area contributed by atoms with Crippen LogP contribution in [-0.4, -0.2) is 48.1 Å². The van der Waals surface area contributed by atoms with E-state index in [-0.39, 0.29) is 12.0 Å². The topological polar surface area (TPSA) is 32.8 Å². The fourth-order valence-electron chi connectivity index (χ4n) is 3.64. The molecule has 0 N–H and O–H groups in total. The molecular weight excluding hydrogens is 352 g/mol. The van der Waals surface area contributed by atoms with Crippen molar-refractivity contribution in [3.8, 4) is 0 Å². The zero-order valence-electron chi connectivity index (χ0n) is 14.4. The van der Waals surface area contributed by atoms with E-state index in [2.05, 4.69) is 33.9 Å². The number of fused-ring (bicyclic) bond motifs is 1. The van der Waals surface area contributed by atoms with Gasteiger partial charge in [-0.25, -0.2) is 0 Å². The Morgan fingerprint density at radius 3 is 3.08 bits per heavy atom. The van der Waals surface area contributed by atoms with Gasteiger partial charge in [-0.05, 0) is 47.7 Å². The summed E-state index contributed by atoms with van der Waals surface area (Å²) >= 11 is 3.57. The third-order valence-electron chi connectivity index (χ3n) is 4.96. The first kappa shape index (κ1) is 17.2. The molecule has 1 saturated heterocycles. The Labute approximate surface area is 157 Å². The lowest BCUT2D eigenvalue weighted by Crippen LogP contribution is -2.44. The van der Waals surface area contributed by atoms with E-state index in [1.807, 2.05) is 16.2 Å². The molecule has 1 unspecified atom stereocenters. The number of carbonyl (C=O) groups is 1. The fraction of sp³-hybridized carbons (Fsp3) is 0.526. The summed E-state index contributed by atoms with van der Waals surface area (Å²) in [5.74, 6) is 0.242. The van der Waals surface area contributed by atoms with E-state index >= 15 is 0 Å². The number of nitrogens with zero attached hydrogens (tertiary/aromatic N) is 2. The molecule has 2 aliphatic rings. The Kier molecular flexibility index (Phi) is 5.51. The van der Waals surface area contributed by atoms with Crippen LogP contribution in [0.3, 0.4) is 0 Å². The molecule has 0 aliphatic carbocycles. The van der Waals surface area contributed by atoms with E-state index in [0.717, 1.165) is 52.0 Å². The van der Waals surface area contributed by atoms with Crippen LogP contribution in [-0.2, 0) is 29.0 Å². The summed E-state index contributed by atoms with van der Waals surface area (Å²) in [6.45, 7) is 4.64. The van der Waals surface area contributed by atoms with Gasteiger partial charge in [0.25, 0.3) is 0 Å². The van der Waals surface area contributed by atoms with Crippen molar-refractivity contribution < 1.29 is 9.53 Å². The zero-order valence-corrected chi connectivity index (χ0v) is 16.0. The summed E-state index contributed by atoms with van der Waals surface area (Å²) in [5, 5.41) is 4.24. The van der Waals surface area contributed by atoms with Gasteiger partial charge in [0.15, 0.2) is 0 Å². The molecule has 2 aliphatic heterocycles. The van der Waals surface area contributed by atoms with Gasteiger partial charge in [0, 0.05) is 42.5 Å². The van der Waals surface area contributed by atoms with Crippen LogP contribution < -0.4 is 0 Å². The number of hydrogen-bond donors (Lipinski definition) is 0. The molecule has 25 heavy (non-hydrogen) atoms. The first-order chi connectivity index (χ1) is 12.3. The SMILES string of the molecule is O=C(CN(Cc1cccs1)CC1CCCO1)N1CCc2sccc2C1. The number of amides is 1. The van der Waals surface area contributed by atoms with Gasteiger partial charge in [-0.15, -0.1) is 22.7 Å². The van der Waals surface area contributed by atoms with Crippen molar-refractivity contribution in [2.45, 2.75) is 38.5 Å². The number of rotatable bonds is 6. The average Bonchev–Trinajstić information content (AvgIpc) is 3.36. The minimum absolute atomic E-state index is 0.242. The largest absolute Gasteiger partial charge is 0.377 e. The molecule has 2 aromatic heterocycles. The van der Waals surface area contributed by atoms with E-state index in [9.17, 15) is 4.79 Å². The van der Waals surface area contributed by atoms with Crippen molar-refractivity contribution in [3.05, 3.63) is 44.3 Å². The van der Waals surface area contributed by atoms with E-state index in [0.29, 0.717) is 6.54 Å². The lowest BCUT2D eigenvalue weighted by Gasteiger charge is -2.31. The molecule has 0 saturated carbocycles. The number of thiophene rings is 2. The molecule has 2 aromatic rings. The molecule has 1 atom stereocenters. The lowest BCUT2D eigenvalue weighted by atomic mass is 10.1. The van der Waals surface area contributed by atoms with Crippen LogP contribution in [0.2, 0.25) is 0 Å². The predicted molar refractivity (Wildman–Crippen MR) is 102 cm³/mol. The van der Waals surface area contributed by atoms with Crippen LogP contribution in [0.15, 0.2) is 29.0 Å². The third-order valence-corrected chi connectivity index (χ3v) is 6.85. The number of hydrogen-bond acceptors (Lipinski definition) is 5. The van der Waals surface area contributed by atoms with Crippen LogP contribution in [0.5, 0.6) is 0 Å². The smallest absolute Gasteiger partial charge is 0.237 e. The maximum Gasteiger partial charge on any atom is 0.237 e. The maximum atomic E-state index is 12.9. The summed E-state index contributed by atoms with van der Waals surface area (Å²) in [5.41, 5.74) is 1.33. The summed E-state index contributed by atoms with van der Waals surface area (Å²) < 4.78 is 5.80. The lowest BCUT2D eigenvalue weighted by molar-refractivity contribution is -0.133. The van der Waals surface area contributed by atoms with E-state index < -0.39 is 0 Å². The molecule has 0 radical (unpaired) electrons. The second-order valence-electron chi connectivity index (χ2n) is 6.82. The maximum absolute atomic E-state index is 12.9. The van der Waals surface area contributed by atoms with Crippen molar-refractivity contribution >= 4 is 28.6 Å². The second-order valence-corrected chi connectivity index (χ2v) is 8.85. The molecule has 4 heterocycles. The highest BCUT2D eigenvalue weighted by Crippen LogP contribution is 2.24. The monoisotopic (exact) mass is 376 g/mol. The normalized spacial score (nSPS) is 20.2. The average molecular weight is 377 g/mol. The molecule has 4 nitrogen and oxygen atoms in total. The van der Waals surface area contributed by atoms with Gasteiger partial charge < -0.3 is 9.64 Å². The fourth-order valence-corrected chi connectivity index (χ4v) is 5.27. The molecule has 0 spiro atoms. The molecule has 6 heteroatoms. The first-order valence-corrected chi connectivity index (χ1v) is 10.7. The minimum Gasteiger partial charge on any atom is -0.377 e. The van der Waals surface area contributed by atoms with E-state index in [1.165, 1.54) is 15.3 Å². The highest BCUT2D eigenvalue weighted by atomic mass is 32.1. The van der Waals surface area contributed by atoms with Crippen LogP contribution >= 0.6 is 22.7 Å². The second kappa shape index (κ2) is 7.99. The van der Waals surface area contributed by atoms with Gasteiger partial charge >= 0.3 is 0 Å². The van der Waals surface area contributed by atoms with Crippen molar-refractivity contribution in [1.82, 2.24) is 9.80 Å². The summed E-state index contributed by atoms with van der Waals surface area (Å²) in [6, 6.07) is 6.39. The number of carbonyl (C=O) groups excluding carboxylic acids is 1. The van der Waals surface area contributed by atoms with Crippen molar-refractivity contribution in [1.29, 1.82) is 0 Å². The van der Waals surface area contributed by atoms with Crippen molar-refractivity contribution in [2.75, 3.05) is 26.2 Å². The number of ether oxygens (including phenoxy) is 1. The standard InChI is InChI=1S/C19H24N2O2S2/c22-19(21-7-5-18-15(11-21)6-10-25-18)14-20(12-16-3-1-8-23-16)13-17-4-2-9-24-17/h2,4,6,9-10,16H,1,3,5,7-8,11-14H2. The highest BCUT2D eigenvalue weighted by molar-refractivity contribution is 7.10. The van der Waals surface area contributed by atoms with E-state index in [1.54, 1.807) is 11.3 Å². The summed E-state index contributed by atoms with van der Waals surface area (Å²) in [6.07, 6.45) is 3.52. The predicted octanol–water partition coefficient (Wildman–Crippen LogP) is 3.38. The van der Waals surface area contributed by atoms with Gasteiger partial charge in [0.2, 0.25) is 5.91 Å². The van der Waals surface area contributed by atoms with Crippen LogP contribution in [0, 0.1) is 0 Å². The Morgan fingerprint density at radius 1 is 1.32 bits per heavy atom. The Bertz CT molecular complexity index is 692. The molecule has 1 fully saturated rings. The highest BCUT2D eigenvalue weighted by Gasteiger charge is 2.25. The minimum atomic E-state index is 0.242. The molecule has 4 rings (SSSR count). The molecular formula is C19H24N2O2S2. The van der Waals surface area contributed by atoms with Crippen LogP contribution in [0.4, 0.5) is 0 Å². The first-order valence-electron chi connectivity index (χ1n) is 8.97. The Morgan fingerprint density at radius 2 is 2.28 bits per heavy atom. The van der Waals surface area contributed by atoms with Gasteiger partial charge in [-0.3, -0.25) is 9.69 Å². The Balaban J connectivity index is 1.39. The molecule has 0 bridgehead atoms. The summed E-state index contributed by atoms with van der Waals surface area (Å²) in [4.78, 5) is 19.9. The quantitative estimate of drug-likeness (QED) is 0.775. The van der Waals surface area contributed by atoms with E-state index in [4.69, 9.17) is 4.74 Å². The molecule has 134 valence electrons. The zero-order chi connectivity index (χ0) is 17.1. The molecule has 0 aromatic carbocycles. The van der Waals surface area contributed by atoms with Crippen molar-refractivity contribution in [3.63, 3.8) is 0 Å². The van der Waals surface area contributed by atoms with Gasteiger partial charge in [0.1, 0.15) is 0 Å². The van der Waals surface area contributed by atoms with Gasteiger partial charge in [-0.1, -0.05) is 6.07 Å². The molecule has 1 amide bonds. The van der Waals surface area contributed by atoms with Gasteiger partial charge in [0.05, 0.1) is 12.6 Å². The third kappa shape index (κ3) is 4.31.